The second-order valence-electron chi connectivity index (χ2n) is 10.6. The Kier molecular flexibility index (Phi) is 5.12. The van der Waals surface area contributed by atoms with Gasteiger partial charge in [0.1, 0.15) is 0 Å². The van der Waals surface area contributed by atoms with E-state index in [-0.39, 0.29) is 11.4 Å². The molecule has 0 aliphatic heterocycles. The third-order valence-electron chi connectivity index (χ3n) is 9.72. The minimum atomic E-state index is -0.683. The van der Waals surface area contributed by atoms with Crippen molar-refractivity contribution in [3.8, 4) is 0 Å². The van der Waals surface area contributed by atoms with Crippen LogP contribution in [0.5, 0.6) is 0 Å². The van der Waals surface area contributed by atoms with Crippen molar-refractivity contribution in [1.29, 1.82) is 0 Å². The highest BCUT2D eigenvalue weighted by molar-refractivity contribution is 6.20. The zero-order chi connectivity index (χ0) is 19.4. The van der Waals surface area contributed by atoms with Crippen molar-refractivity contribution in [2.24, 2.45) is 34.5 Å². The van der Waals surface area contributed by atoms with Crippen LogP contribution in [0.3, 0.4) is 0 Å². The molecular formula is C23H37ClO3. The summed E-state index contributed by atoms with van der Waals surface area (Å²) in [6.07, 6.45) is 11.3. The summed E-state index contributed by atoms with van der Waals surface area (Å²) in [6.45, 7) is 6.65. The molecule has 154 valence electrons. The molecule has 4 fully saturated rings. The van der Waals surface area contributed by atoms with Crippen molar-refractivity contribution in [2.45, 2.75) is 96.0 Å². The fourth-order valence-electron chi connectivity index (χ4n) is 8.21. The highest BCUT2D eigenvalue weighted by Crippen LogP contribution is 2.69. The Morgan fingerprint density at radius 2 is 1.78 bits per heavy atom. The summed E-state index contributed by atoms with van der Waals surface area (Å²) < 4.78 is 5.19. The molecule has 0 aromatic heterocycles. The predicted octanol–water partition coefficient (Wildman–Crippen LogP) is 5.32. The van der Waals surface area contributed by atoms with Gasteiger partial charge in [0.2, 0.25) is 0 Å². The first-order valence-electron chi connectivity index (χ1n) is 11.2. The standard InChI is InChI=1S/C23H37ClO3/c1-15(25)27-14-13-23(26)12-9-18-16-6-7-19-20(24)5-4-10-21(19,2)17(16)8-11-22(18,23)3/h16-20,26H,4-14H2,1-3H3/t16-,17+,18+,19?,20?,21-,22+,23+/m1/s1. The molecule has 4 aliphatic carbocycles. The highest BCUT2D eigenvalue weighted by Gasteiger charge is 2.64. The maximum atomic E-state index is 11.6. The molecule has 0 spiro atoms. The second kappa shape index (κ2) is 6.90. The van der Waals surface area contributed by atoms with Crippen LogP contribution in [0.1, 0.15) is 85.0 Å². The zero-order valence-corrected chi connectivity index (χ0v) is 18.1. The quantitative estimate of drug-likeness (QED) is 0.518. The zero-order valence-electron chi connectivity index (χ0n) is 17.3. The Bertz CT molecular complexity index is 594. The molecule has 4 heteroatoms. The van der Waals surface area contributed by atoms with Crippen molar-refractivity contribution in [1.82, 2.24) is 0 Å². The summed E-state index contributed by atoms with van der Waals surface area (Å²) in [7, 11) is 0. The molecule has 1 N–H and O–H groups in total. The van der Waals surface area contributed by atoms with Crippen molar-refractivity contribution < 1.29 is 14.6 Å². The van der Waals surface area contributed by atoms with Gasteiger partial charge in [-0.15, -0.1) is 11.6 Å². The largest absolute Gasteiger partial charge is 0.466 e. The molecule has 4 aliphatic rings. The molecule has 4 rings (SSSR count). The number of alkyl halides is 1. The van der Waals surface area contributed by atoms with Crippen molar-refractivity contribution in [3.63, 3.8) is 0 Å². The van der Waals surface area contributed by atoms with Crippen LogP contribution in [0.4, 0.5) is 0 Å². The van der Waals surface area contributed by atoms with E-state index in [0.717, 1.165) is 31.1 Å². The molecule has 0 aromatic rings. The van der Waals surface area contributed by atoms with Gasteiger partial charge >= 0.3 is 5.97 Å². The Labute approximate surface area is 169 Å². The maximum absolute atomic E-state index is 11.6. The SMILES string of the molecule is CC(=O)OCC[C@@]1(O)CC[C@H]2[C@@H]3CCC4C(Cl)CCC[C@]4(C)[C@H]3CC[C@@]21C. The molecule has 3 nitrogen and oxygen atoms in total. The average molecular weight is 397 g/mol. The minimum absolute atomic E-state index is 0.0352. The van der Waals surface area contributed by atoms with Crippen LogP contribution in [0.2, 0.25) is 0 Å². The van der Waals surface area contributed by atoms with Gasteiger partial charge < -0.3 is 9.84 Å². The van der Waals surface area contributed by atoms with Crippen molar-refractivity contribution in [3.05, 3.63) is 0 Å². The van der Waals surface area contributed by atoms with Crippen LogP contribution < -0.4 is 0 Å². The molecule has 27 heavy (non-hydrogen) atoms. The molecule has 0 saturated heterocycles. The van der Waals surface area contributed by atoms with E-state index in [1.807, 2.05) is 0 Å². The number of carbonyl (C=O) groups is 1. The van der Waals surface area contributed by atoms with Gasteiger partial charge in [0.25, 0.3) is 0 Å². The first-order chi connectivity index (χ1) is 12.7. The molecule has 2 unspecified atom stereocenters. The van der Waals surface area contributed by atoms with E-state index < -0.39 is 5.60 Å². The van der Waals surface area contributed by atoms with Gasteiger partial charge in [0, 0.05) is 18.7 Å². The summed E-state index contributed by atoms with van der Waals surface area (Å²) in [5, 5.41) is 11.9. The van der Waals surface area contributed by atoms with Crippen LogP contribution in [0.25, 0.3) is 0 Å². The summed E-state index contributed by atoms with van der Waals surface area (Å²) in [6, 6.07) is 0. The fourth-order valence-corrected chi connectivity index (χ4v) is 8.78. The second-order valence-corrected chi connectivity index (χ2v) is 11.2. The van der Waals surface area contributed by atoms with E-state index >= 15 is 0 Å². The topological polar surface area (TPSA) is 46.5 Å². The number of carbonyl (C=O) groups excluding carboxylic acids is 1. The summed E-state index contributed by atoms with van der Waals surface area (Å²) in [5.74, 6) is 2.54. The average Bonchev–Trinajstić information content (AvgIpc) is 2.86. The first-order valence-corrected chi connectivity index (χ1v) is 11.6. The summed E-state index contributed by atoms with van der Waals surface area (Å²) in [5.41, 5.74) is -0.322. The van der Waals surface area contributed by atoms with E-state index in [1.165, 1.54) is 45.4 Å². The smallest absolute Gasteiger partial charge is 0.302 e. The van der Waals surface area contributed by atoms with Crippen molar-refractivity contribution >= 4 is 17.6 Å². The maximum Gasteiger partial charge on any atom is 0.302 e. The lowest BCUT2D eigenvalue weighted by Crippen LogP contribution is -2.57. The van der Waals surface area contributed by atoms with E-state index in [2.05, 4.69) is 13.8 Å². The molecule has 0 heterocycles. The monoisotopic (exact) mass is 396 g/mol. The lowest BCUT2D eigenvalue weighted by Gasteiger charge is -2.62. The van der Waals surface area contributed by atoms with Gasteiger partial charge in [-0.2, -0.15) is 0 Å². The number of aliphatic hydroxyl groups is 1. The number of halogens is 1. The number of hydrogen-bond donors (Lipinski definition) is 1. The first kappa shape index (κ1) is 20.0. The summed E-state index contributed by atoms with van der Waals surface area (Å²) >= 11 is 6.80. The van der Waals surface area contributed by atoms with Gasteiger partial charge in [-0.3, -0.25) is 4.79 Å². The molecule has 0 radical (unpaired) electrons. The fraction of sp³-hybridized carbons (Fsp3) is 0.957. The molecule has 0 bridgehead atoms. The summed E-state index contributed by atoms with van der Waals surface area (Å²) in [4.78, 5) is 11.2. The molecule has 4 saturated carbocycles. The Balaban J connectivity index is 1.54. The Morgan fingerprint density at radius 3 is 2.52 bits per heavy atom. The number of hydrogen-bond acceptors (Lipinski definition) is 3. The van der Waals surface area contributed by atoms with Gasteiger partial charge in [-0.25, -0.2) is 0 Å². The lowest BCUT2D eigenvalue weighted by atomic mass is 9.44. The molecule has 8 atom stereocenters. The predicted molar refractivity (Wildman–Crippen MR) is 108 cm³/mol. The van der Waals surface area contributed by atoms with Crippen LogP contribution in [-0.2, 0) is 9.53 Å². The van der Waals surface area contributed by atoms with E-state index in [9.17, 15) is 9.90 Å². The molecule has 0 amide bonds. The van der Waals surface area contributed by atoms with Crippen molar-refractivity contribution in [2.75, 3.05) is 6.61 Å². The van der Waals surface area contributed by atoms with Gasteiger partial charge in [0.15, 0.2) is 0 Å². The molecular weight excluding hydrogens is 360 g/mol. The van der Waals surface area contributed by atoms with Crippen LogP contribution >= 0.6 is 11.6 Å². The van der Waals surface area contributed by atoms with Gasteiger partial charge in [0.05, 0.1) is 12.2 Å². The Morgan fingerprint density at radius 1 is 1.04 bits per heavy atom. The van der Waals surface area contributed by atoms with Crippen LogP contribution in [0.15, 0.2) is 0 Å². The number of fused-ring (bicyclic) bond motifs is 5. The highest BCUT2D eigenvalue weighted by atomic mass is 35.5. The number of ether oxygens (including phenoxy) is 1. The van der Waals surface area contributed by atoms with Crippen LogP contribution in [-0.4, -0.2) is 28.7 Å². The van der Waals surface area contributed by atoms with E-state index in [4.69, 9.17) is 16.3 Å². The normalized spacial score (nSPS) is 51.8. The number of rotatable bonds is 3. The van der Waals surface area contributed by atoms with Gasteiger partial charge in [-0.1, -0.05) is 20.3 Å². The number of esters is 1. The van der Waals surface area contributed by atoms with E-state index in [0.29, 0.717) is 35.7 Å². The lowest BCUT2D eigenvalue weighted by molar-refractivity contribution is -0.161. The third-order valence-corrected chi connectivity index (χ3v) is 10.2. The third kappa shape index (κ3) is 2.98. The minimum Gasteiger partial charge on any atom is -0.466 e. The van der Waals surface area contributed by atoms with Crippen LogP contribution in [0, 0.1) is 34.5 Å². The Hall–Kier alpha value is -0.280. The van der Waals surface area contributed by atoms with Gasteiger partial charge in [-0.05, 0) is 85.9 Å². The van der Waals surface area contributed by atoms with E-state index in [1.54, 1.807) is 0 Å². The molecule has 0 aromatic carbocycles.